The number of nitrogens with two attached hydrogens (primary N) is 1. The third-order valence-corrected chi connectivity index (χ3v) is 11.0. The van der Waals surface area contributed by atoms with Crippen molar-refractivity contribution in [3.63, 3.8) is 0 Å². The van der Waals surface area contributed by atoms with Gasteiger partial charge in [0.25, 0.3) is 11.8 Å². The molecule has 0 aliphatic carbocycles. The van der Waals surface area contributed by atoms with E-state index < -0.39 is 41.6 Å². The molecule has 2 aromatic carbocycles. The molecule has 2 saturated heterocycles. The second-order valence-corrected chi connectivity index (χ2v) is 14.7. The van der Waals surface area contributed by atoms with Crippen LogP contribution in [-0.2, 0) is 19.1 Å². The molecule has 5 heterocycles. The summed E-state index contributed by atoms with van der Waals surface area (Å²) in [6.45, 7) is 3.57. The molecule has 2 fully saturated rings. The maximum Gasteiger partial charge on any atom is 0.264 e. The molecule has 18 heteroatoms. The molecule has 2 atom stereocenters. The maximum absolute atomic E-state index is 14.1. The van der Waals surface area contributed by atoms with E-state index in [1.165, 1.54) is 18.2 Å². The summed E-state index contributed by atoms with van der Waals surface area (Å²) in [4.78, 5) is 70.3. The van der Waals surface area contributed by atoms with Crippen LogP contribution in [0.25, 0.3) is 11.1 Å². The highest BCUT2D eigenvalue weighted by atomic mass is 35.5. The standard InChI is InChI=1S/C39H39Cl2FN8O7/c1-21(33-26(40)5-6-27(42)35(33)41)57-30-17-22(18-45-36(30)43)23-19-46-49(20-23)24-9-13-48(14-10-24)32(52)11-15-56-16-12-44-28-4-2-3-25-34(28)39(55)50(38(25)54)29-7-8-31(51)47-37(29)53/h2-6,17-21,24,29,44H,7-16H2,1H3,(H2,43,45)(H,47,51,53). The van der Waals surface area contributed by atoms with Gasteiger partial charge in [-0.05, 0) is 56.5 Å². The van der Waals surface area contributed by atoms with Gasteiger partial charge in [0, 0.05) is 65.8 Å². The minimum absolute atomic E-state index is 0.0170. The predicted octanol–water partition coefficient (Wildman–Crippen LogP) is 5.20. The Bertz CT molecular complexity index is 2250. The van der Waals surface area contributed by atoms with Gasteiger partial charge in [-0.1, -0.05) is 29.3 Å². The number of likely N-dealkylation sites (tertiary alicyclic amines) is 1. The molecule has 4 N–H and O–H groups in total. The van der Waals surface area contributed by atoms with Crippen molar-refractivity contribution in [1.29, 1.82) is 0 Å². The smallest absolute Gasteiger partial charge is 0.264 e. The average molecular weight is 822 g/mol. The molecule has 0 bridgehead atoms. The fourth-order valence-electron chi connectivity index (χ4n) is 7.28. The van der Waals surface area contributed by atoms with E-state index in [1.807, 2.05) is 15.8 Å². The van der Waals surface area contributed by atoms with Crippen LogP contribution < -0.4 is 21.1 Å². The number of aromatic nitrogens is 3. The van der Waals surface area contributed by atoms with Crippen LogP contribution in [0.15, 0.2) is 55.0 Å². The Kier molecular flexibility index (Phi) is 11.7. The van der Waals surface area contributed by atoms with Gasteiger partial charge in [-0.3, -0.25) is 38.9 Å². The average Bonchev–Trinajstić information content (AvgIpc) is 3.79. The lowest BCUT2D eigenvalue weighted by Crippen LogP contribution is -2.54. The summed E-state index contributed by atoms with van der Waals surface area (Å²) in [5, 5.41) is 10.0. The molecule has 57 heavy (non-hydrogen) atoms. The van der Waals surface area contributed by atoms with Gasteiger partial charge in [-0.2, -0.15) is 5.10 Å². The number of halogens is 3. The topological polar surface area (TPSA) is 191 Å². The number of hydrogen-bond acceptors (Lipinski definition) is 11. The number of fused-ring (bicyclic) bond motifs is 1. The van der Waals surface area contributed by atoms with Crippen LogP contribution in [0, 0.1) is 5.82 Å². The van der Waals surface area contributed by atoms with Gasteiger partial charge in [0.2, 0.25) is 17.7 Å². The first kappa shape index (κ1) is 39.6. The van der Waals surface area contributed by atoms with Crippen LogP contribution in [0.3, 0.4) is 0 Å². The summed E-state index contributed by atoms with van der Waals surface area (Å²) in [5.41, 5.74) is 8.70. The number of piperidine rings is 2. The summed E-state index contributed by atoms with van der Waals surface area (Å²) in [6, 6.07) is 8.22. The van der Waals surface area contributed by atoms with Crippen LogP contribution in [-0.4, -0.2) is 93.0 Å². The fourth-order valence-corrected chi connectivity index (χ4v) is 7.96. The molecular formula is C39H39Cl2FN8O7. The summed E-state index contributed by atoms with van der Waals surface area (Å²) < 4.78 is 27.8. The van der Waals surface area contributed by atoms with E-state index in [1.54, 1.807) is 37.5 Å². The molecule has 4 aromatic rings. The Morgan fingerprint density at radius 2 is 1.84 bits per heavy atom. The third kappa shape index (κ3) is 8.29. The number of nitrogens with zero attached hydrogens (tertiary/aromatic N) is 5. The van der Waals surface area contributed by atoms with Crippen molar-refractivity contribution in [2.45, 2.75) is 57.2 Å². The largest absolute Gasteiger partial charge is 0.482 e. The van der Waals surface area contributed by atoms with E-state index in [2.05, 4.69) is 20.7 Å². The molecule has 7 rings (SSSR count). The highest BCUT2D eigenvalue weighted by molar-refractivity contribution is 6.36. The number of rotatable bonds is 13. The van der Waals surface area contributed by atoms with Crippen molar-refractivity contribution in [2.75, 3.05) is 43.9 Å². The van der Waals surface area contributed by atoms with Crippen molar-refractivity contribution in [3.05, 3.63) is 87.5 Å². The molecule has 2 aromatic heterocycles. The molecule has 298 valence electrons. The molecule has 3 aliphatic heterocycles. The van der Waals surface area contributed by atoms with Gasteiger partial charge >= 0.3 is 0 Å². The van der Waals surface area contributed by atoms with E-state index in [4.69, 9.17) is 38.4 Å². The molecule has 3 aliphatic rings. The van der Waals surface area contributed by atoms with Gasteiger partial charge in [-0.15, -0.1) is 0 Å². The van der Waals surface area contributed by atoms with Crippen LogP contribution in [0.1, 0.15) is 77.5 Å². The normalized spacial score (nSPS) is 17.8. The Hall–Kier alpha value is -5.58. The zero-order valence-corrected chi connectivity index (χ0v) is 32.3. The molecule has 0 saturated carbocycles. The van der Waals surface area contributed by atoms with Crippen LogP contribution in [0.5, 0.6) is 5.75 Å². The quantitative estimate of drug-likeness (QED) is 0.0914. The molecule has 0 radical (unpaired) electrons. The zero-order valence-electron chi connectivity index (χ0n) is 30.8. The van der Waals surface area contributed by atoms with Gasteiger partial charge < -0.3 is 25.4 Å². The number of hydrogen-bond donors (Lipinski definition) is 3. The number of benzene rings is 2. The van der Waals surface area contributed by atoms with Crippen LogP contribution in [0.4, 0.5) is 15.9 Å². The molecular weight excluding hydrogens is 782 g/mol. The number of pyridine rings is 1. The monoisotopic (exact) mass is 820 g/mol. The Labute approximate surface area is 336 Å². The zero-order chi connectivity index (χ0) is 40.4. The summed E-state index contributed by atoms with van der Waals surface area (Å²) in [7, 11) is 0. The number of amides is 5. The lowest BCUT2D eigenvalue weighted by molar-refractivity contribution is -0.136. The predicted molar refractivity (Wildman–Crippen MR) is 207 cm³/mol. The Morgan fingerprint density at radius 3 is 2.61 bits per heavy atom. The Balaban J connectivity index is 0.851. The minimum Gasteiger partial charge on any atom is -0.482 e. The number of ether oxygens (including phenoxy) is 2. The number of nitrogens with one attached hydrogen (secondary N) is 2. The number of carbonyl (C=O) groups excluding carboxylic acids is 5. The lowest BCUT2D eigenvalue weighted by Gasteiger charge is -2.32. The molecule has 5 amide bonds. The highest BCUT2D eigenvalue weighted by Crippen LogP contribution is 2.37. The first-order valence-corrected chi connectivity index (χ1v) is 19.2. The highest BCUT2D eigenvalue weighted by Gasteiger charge is 2.45. The number of imide groups is 2. The lowest BCUT2D eigenvalue weighted by atomic mass is 10.0. The SMILES string of the molecule is CC(Oc1cc(-c2cnn(C3CCN(C(=O)CCOCCNc4cccc5c4C(=O)N(C4CCC(=O)NC4=O)C5=O)CC3)c2)cnc1N)c1c(Cl)ccc(F)c1Cl. The van der Waals surface area contributed by atoms with E-state index in [0.717, 1.165) is 10.5 Å². The fraction of sp³-hybridized carbons (Fsp3) is 0.359. The first-order valence-electron chi connectivity index (χ1n) is 18.4. The molecule has 0 spiro atoms. The summed E-state index contributed by atoms with van der Waals surface area (Å²) >= 11 is 12.5. The van der Waals surface area contributed by atoms with E-state index in [0.29, 0.717) is 49.3 Å². The van der Waals surface area contributed by atoms with Gasteiger partial charge in [0.15, 0.2) is 11.6 Å². The van der Waals surface area contributed by atoms with Crippen molar-refractivity contribution in [2.24, 2.45) is 0 Å². The van der Waals surface area contributed by atoms with E-state index in [9.17, 15) is 28.4 Å². The van der Waals surface area contributed by atoms with Gasteiger partial charge in [-0.25, -0.2) is 9.37 Å². The van der Waals surface area contributed by atoms with Gasteiger partial charge in [0.05, 0.1) is 48.0 Å². The summed E-state index contributed by atoms with van der Waals surface area (Å²) in [6.07, 6.45) is 6.28. The second kappa shape index (κ2) is 16.9. The maximum atomic E-state index is 14.1. The van der Waals surface area contributed by atoms with Crippen molar-refractivity contribution in [3.8, 4) is 16.9 Å². The number of anilines is 2. The molecule has 2 unspecified atom stereocenters. The Morgan fingerprint density at radius 1 is 1.05 bits per heavy atom. The van der Waals surface area contributed by atoms with Crippen LogP contribution >= 0.6 is 23.2 Å². The van der Waals surface area contributed by atoms with E-state index >= 15 is 0 Å². The number of carbonyl (C=O) groups is 5. The summed E-state index contributed by atoms with van der Waals surface area (Å²) in [5.74, 6) is -2.47. The van der Waals surface area contributed by atoms with Crippen molar-refractivity contribution < 1.29 is 37.8 Å². The van der Waals surface area contributed by atoms with E-state index in [-0.39, 0.29) is 77.2 Å². The van der Waals surface area contributed by atoms with Gasteiger partial charge in [0.1, 0.15) is 18.0 Å². The second-order valence-electron chi connectivity index (χ2n) is 13.9. The van der Waals surface area contributed by atoms with Crippen molar-refractivity contribution >= 4 is 64.2 Å². The van der Waals surface area contributed by atoms with Crippen molar-refractivity contribution in [1.82, 2.24) is 29.9 Å². The first-order chi connectivity index (χ1) is 27.4. The number of nitrogen functional groups attached to an aromatic ring is 1. The molecule has 15 nitrogen and oxygen atoms in total. The van der Waals surface area contributed by atoms with Crippen LogP contribution in [0.2, 0.25) is 10.0 Å². The minimum atomic E-state index is -1.05. The third-order valence-electron chi connectivity index (χ3n) is 10.3.